The zero-order valence-electron chi connectivity index (χ0n) is 10.2. The summed E-state index contributed by atoms with van der Waals surface area (Å²) in [5.74, 6) is 1.01. The second-order valence-corrected chi connectivity index (χ2v) is 5.36. The smallest absolute Gasteiger partial charge is 0.282 e. The molecular weight excluding hydrogens is 256 g/mol. The Labute approximate surface area is 110 Å². The molecule has 0 aliphatic heterocycles. The quantitative estimate of drug-likeness (QED) is 0.708. The number of amides is 1. The molecule has 1 aromatic rings. The van der Waals surface area contributed by atoms with Gasteiger partial charge in [0.1, 0.15) is 0 Å². The minimum atomic E-state index is -0.129. The van der Waals surface area contributed by atoms with Crippen LogP contribution >= 0.6 is 23.1 Å². The van der Waals surface area contributed by atoms with Crippen molar-refractivity contribution in [3.05, 3.63) is 5.01 Å². The van der Waals surface area contributed by atoms with Gasteiger partial charge in [-0.25, -0.2) is 0 Å². The lowest BCUT2D eigenvalue weighted by Gasteiger charge is -2.01. The van der Waals surface area contributed by atoms with Gasteiger partial charge in [0.25, 0.3) is 5.91 Å². The van der Waals surface area contributed by atoms with E-state index in [4.69, 9.17) is 0 Å². The molecule has 1 heterocycles. The maximum Gasteiger partial charge on any atom is 0.282 e. The van der Waals surface area contributed by atoms with Crippen LogP contribution in [0.5, 0.6) is 0 Å². The molecule has 17 heavy (non-hydrogen) atoms. The van der Waals surface area contributed by atoms with Gasteiger partial charge in [-0.1, -0.05) is 11.3 Å². The van der Waals surface area contributed by atoms with Gasteiger partial charge in [-0.2, -0.15) is 11.8 Å². The highest BCUT2D eigenvalue weighted by Crippen LogP contribution is 2.14. The number of hydrogen-bond donors (Lipinski definition) is 2. The third kappa shape index (κ3) is 5.36. The highest BCUT2D eigenvalue weighted by Gasteiger charge is 2.11. The molecule has 0 saturated heterocycles. The molecule has 0 aliphatic carbocycles. The fraction of sp³-hybridized carbons (Fsp3) is 0.700. The number of carbonyl (C=O) groups excluding carboxylic acids is 1. The zero-order chi connectivity index (χ0) is 12.5. The van der Waals surface area contributed by atoms with E-state index < -0.39 is 0 Å². The first kappa shape index (κ1) is 14.2. The molecule has 1 amide bonds. The second kappa shape index (κ2) is 8.30. The van der Waals surface area contributed by atoms with Crippen LogP contribution in [0.15, 0.2) is 0 Å². The summed E-state index contributed by atoms with van der Waals surface area (Å²) in [6, 6.07) is 0. The molecule has 0 spiro atoms. The molecule has 5 nitrogen and oxygen atoms in total. The highest BCUT2D eigenvalue weighted by molar-refractivity contribution is 7.98. The summed E-state index contributed by atoms with van der Waals surface area (Å²) >= 11 is 3.11. The molecule has 1 rings (SSSR count). The molecule has 0 atom stereocenters. The Morgan fingerprint density at radius 2 is 2.24 bits per heavy atom. The van der Waals surface area contributed by atoms with E-state index in [0.717, 1.165) is 25.1 Å². The molecule has 96 valence electrons. The molecule has 0 fully saturated rings. The standard InChI is InChI=1S/C10H18N4OS2/c1-3-11-10-14-13-9(17-10)8(15)12-6-4-5-7-16-2/h3-7H2,1-2H3,(H,11,14)(H,12,15). The number of hydrogen-bond acceptors (Lipinski definition) is 6. The maximum absolute atomic E-state index is 11.7. The first-order valence-corrected chi connectivity index (χ1v) is 7.83. The van der Waals surface area contributed by atoms with E-state index in [1.807, 2.05) is 18.7 Å². The van der Waals surface area contributed by atoms with Crippen LogP contribution in [0.2, 0.25) is 0 Å². The largest absolute Gasteiger partial charge is 0.360 e. The van der Waals surface area contributed by atoms with Crippen LogP contribution in [0.25, 0.3) is 0 Å². The van der Waals surface area contributed by atoms with Crippen molar-refractivity contribution in [1.29, 1.82) is 0 Å². The predicted molar refractivity (Wildman–Crippen MR) is 74.0 cm³/mol. The molecule has 0 aromatic carbocycles. The monoisotopic (exact) mass is 274 g/mol. The van der Waals surface area contributed by atoms with Gasteiger partial charge in [-0.3, -0.25) is 4.79 Å². The Kier molecular flexibility index (Phi) is 6.95. The van der Waals surface area contributed by atoms with Crippen LogP contribution in [-0.4, -0.2) is 41.2 Å². The summed E-state index contributed by atoms with van der Waals surface area (Å²) in [6.07, 6.45) is 4.22. The van der Waals surface area contributed by atoms with Crippen molar-refractivity contribution in [2.24, 2.45) is 0 Å². The topological polar surface area (TPSA) is 66.9 Å². The number of aromatic nitrogens is 2. The van der Waals surface area contributed by atoms with E-state index >= 15 is 0 Å². The average Bonchev–Trinajstić information content (AvgIpc) is 2.78. The van der Waals surface area contributed by atoms with Crippen molar-refractivity contribution in [3.8, 4) is 0 Å². The third-order valence-corrected chi connectivity index (χ3v) is 3.58. The lowest BCUT2D eigenvalue weighted by Crippen LogP contribution is -2.24. The Hall–Kier alpha value is -0.820. The van der Waals surface area contributed by atoms with E-state index in [1.165, 1.54) is 11.3 Å². The molecule has 0 bridgehead atoms. The van der Waals surface area contributed by atoms with E-state index in [2.05, 4.69) is 27.1 Å². The van der Waals surface area contributed by atoms with E-state index in [0.29, 0.717) is 16.7 Å². The Balaban J connectivity index is 2.26. The Morgan fingerprint density at radius 1 is 1.41 bits per heavy atom. The maximum atomic E-state index is 11.7. The zero-order valence-corrected chi connectivity index (χ0v) is 11.8. The van der Waals surface area contributed by atoms with Gasteiger partial charge in [0.05, 0.1) is 0 Å². The number of nitrogens with one attached hydrogen (secondary N) is 2. The lowest BCUT2D eigenvalue weighted by atomic mass is 10.3. The molecule has 7 heteroatoms. The minimum Gasteiger partial charge on any atom is -0.360 e. The molecule has 0 unspecified atom stereocenters. The first-order valence-electron chi connectivity index (χ1n) is 5.62. The van der Waals surface area contributed by atoms with E-state index in [1.54, 1.807) is 0 Å². The van der Waals surface area contributed by atoms with E-state index in [-0.39, 0.29) is 5.91 Å². The van der Waals surface area contributed by atoms with Crippen LogP contribution in [-0.2, 0) is 0 Å². The summed E-state index contributed by atoms with van der Waals surface area (Å²) in [6.45, 7) is 3.47. The molecular formula is C10H18N4OS2. The van der Waals surface area contributed by atoms with Gasteiger partial charge in [-0.05, 0) is 31.8 Å². The molecule has 1 aromatic heterocycles. The fourth-order valence-corrected chi connectivity index (χ4v) is 2.41. The SMILES string of the molecule is CCNc1nnc(C(=O)NCCCCSC)s1. The number of rotatable bonds is 8. The minimum absolute atomic E-state index is 0.129. The van der Waals surface area contributed by atoms with Gasteiger partial charge >= 0.3 is 0 Å². The molecule has 2 N–H and O–H groups in total. The number of thioether (sulfide) groups is 1. The predicted octanol–water partition coefficient (Wildman–Crippen LogP) is 1.84. The molecule has 0 radical (unpaired) electrons. The van der Waals surface area contributed by atoms with Crippen LogP contribution in [0.4, 0.5) is 5.13 Å². The number of anilines is 1. The second-order valence-electron chi connectivity index (χ2n) is 3.40. The van der Waals surface area contributed by atoms with Crippen LogP contribution < -0.4 is 10.6 Å². The van der Waals surface area contributed by atoms with Crippen LogP contribution in [0.1, 0.15) is 29.6 Å². The van der Waals surface area contributed by atoms with Crippen molar-refractivity contribution >= 4 is 34.1 Å². The Bertz CT molecular complexity index is 343. The summed E-state index contributed by atoms with van der Waals surface area (Å²) in [7, 11) is 0. The number of nitrogens with zero attached hydrogens (tertiary/aromatic N) is 2. The number of unbranched alkanes of at least 4 members (excludes halogenated alkanes) is 1. The average molecular weight is 274 g/mol. The van der Waals surface area contributed by atoms with Crippen molar-refractivity contribution < 1.29 is 4.79 Å². The van der Waals surface area contributed by atoms with Gasteiger partial charge < -0.3 is 10.6 Å². The highest BCUT2D eigenvalue weighted by atomic mass is 32.2. The summed E-state index contributed by atoms with van der Waals surface area (Å²) in [5.41, 5.74) is 0. The lowest BCUT2D eigenvalue weighted by molar-refractivity contribution is 0.0952. The van der Waals surface area contributed by atoms with Crippen molar-refractivity contribution in [2.45, 2.75) is 19.8 Å². The third-order valence-electron chi connectivity index (χ3n) is 2.01. The van der Waals surface area contributed by atoms with Gasteiger partial charge in [0, 0.05) is 13.1 Å². The van der Waals surface area contributed by atoms with E-state index in [9.17, 15) is 4.79 Å². The van der Waals surface area contributed by atoms with Crippen LogP contribution in [0, 0.1) is 0 Å². The molecule has 0 aliphatic rings. The number of carbonyl (C=O) groups is 1. The first-order chi connectivity index (χ1) is 8.27. The van der Waals surface area contributed by atoms with Crippen molar-refractivity contribution in [2.75, 3.05) is 30.4 Å². The summed E-state index contributed by atoms with van der Waals surface area (Å²) < 4.78 is 0. The van der Waals surface area contributed by atoms with Gasteiger partial charge in [-0.15, -0.1) is 10.2 Å². The van der Waals surface area contributed by atoms with Crippen LogP contribution in [0.3, 0.4) is 0 Å². The normalized spacial score (nSPS) is 10.2. The van der Waals surface area contributed by atoms with Gasteiger partial charge in [0.2, 0.25) is 10.1 Å². The van der Waals surface area contributed by atoms with Gasteiger partial charge in [0.15, 0.2) is 0 Å². The summed E-state index contributed by atoms with van der Waals surface area (Å²) in [4.78, 5) is 11.7. The Morgan fingerprint density at radius 3 is 2.94 bits per heavy atom. The van der Waals surface area contributed by atoms with Crippen molar-refractivity contribution in [3.63, 3.8) is 0 Å². The van der Waals surface area contributed by atoms with Crippen molar-refractivity contribution in [1.82, 2.24) is 15.5 Å². The summed E-state index contributed by atoms with van der Waals surface area (Å²) in [5, 5.41) is 14.7. The molecule has 0 saturated carbocycles. The fourth-order valence-electron chi connectivity index (χ4n) is 1.19.